The number of benzene rings is 1. The number of hydrogen-bond donors (Lipinski definition) is 2. The zero-order valence-electron chi connectivity index (χ0n) is 15.9. The Kier molecular flexibility index (Phi) is 6.51. The van der Waals surface area contributed by atoms with Gasteiger partial charge in [-0.05, 0) is 37.3 Å². The van der Waals surface area contributed by atoms with E-state index in [4.69, 9.17) is 0 Å². The molecule has 2 N–H and O–H groups in total. The summed E-state index contributed by atoms with van der Waals surface area (Å²) in [5, 5.41) is 2.96. The Labute approximate surface area is 167 Å². The monoisotopic (exact) mass is 401 g/mol. The fraction of sp³-hybridized carbons (Fsp3) is 0.400. The van der Waals surface area contributed by atoms with Gasteiger partial charge in [0.05, 0.1) is 30.5 Å². The van der Waals surface area contributed by atoms with Crippen LogP contribution in [0.1, 0.15) is 42.6 Å². The molecule has 0 saturated heterocycles. The Hall–Kier alpha value is -2.61. The minimum atomic E-state index is -0.476. The van der Waals surface area contributed by atoms with E-state index in [2.05, 4.69) is 32.2 Å². The van der Waals surface area contributed by atoms with Gasteiger partial charge in [0, 0.05) is 6.07 Å². The first-order valence-electron chi connectivity index (χ1n) is 9.18. The maximum absolute atomic E-state index is 12.7. The van der Waals surface area contributed by atoms with Crippen molar-refractivity contribution in [3.63, 3.8) is 0 Å². The topological polar surface area (TPSA) is 101 Å². The van der Waals surface area contributed by atoms with Gasteiger partial charge in [-0.15, -0.1) is 0 Å². The van der Waals surface area contributed by atoms with Gasteiger partial charge in [0.1, 0.15) is 0 Å². The summed E-state index contributed by atoms with van der Waals surface area (Å²) in [6.45, 7) is 1.77. The van der Waals surface area contributed by atoms with Crippen molar-refractivity contribution >= 4 is 23.6 Å². The molecule has 28 heavy (non-hydrogen) atoms. The van der Waals surface area contributed by atoms with Crippen molar-refractivity contribution in [2.75, 3.05) is 7.11 Å². The van der Waals surface area contributed by atoms with E-state index in [-0.39, 0.29) is 23.9 Å². The zero-order valence-corrected chi connectivity index (χ0v) is 16.7. The molecule has 1 aromatic heterocycles. The Morgan fingerprint density at radius 1 is 1.39 bits per heavy atom. The SMILES string of the molecule is COC(=O)Cc1cc(=O)[nH]c(S[C@H](C)C(=O)N[C@H]2CCCc3ccccc32)n1. The number of esters is 1. The molecule has 1 aliphatic carbocycles. The van der Waals surface area contributed by atoms with Crippen LogP contribution in [0.5, 0.6) is 0 Å². The van der Waals surface area contributed by atoms with Crippen molar-refractivity contribution in [3.05, 3.63) is 57.5 Å². The number of aromatic amines is 1. The van der Waals surface area contributed by atoms with Crippen LogP contribution < -0.4 is 10.9 Å². The van der Waals surface area contributed by atoms with Crippen molar-refractivity contribution < 1.29 is 14.3 Å². The third kappa shape index (κ3) is 5.01. The molecule has 0 bridgehead atoms. The van der Waals surface area contributed by atoms with Crippen molar-refractivity contribution in [1.29, 1.82) is 0 Å². The third-order valence-corrected chi connectivity index (χ3v) is 5.65. The van der Waals surface area contributed by atoms with Crippen LogP contribution in [-0.2, 0) is 27.2 Å². The molecule has 3 rings (SSSR count). The van der Waals surface area contributed by atoms with Gasteiger partial charge in [-0.1, -0.05) is 36.0 Å². The van der Waals surface area contributed by atoms with Gasteiger partial charge in [-0.2, -0.15) is 0 Å². The molecule has 2 atom stereocenters. The fourth-order valence-electron chi connectivity index (χ4n) is 3.26. The van der Waals surface area contributed by atoms with Gasteiger partial charge in [0.15, 0.2) is 5.16 Å². The summed E-state index contributed by atoms with van der Waals surface area (Å²) in [6.07, 6.45) is 2.89. The molecule has 0 fully saturated rings. The lowest BCUT2D eigenvalue weighted by Crippen LogP contribution is -2.36. The molecule has 7 nitrogen and oxygen atoms in total. The number of aryl methyl sites for hydroxylation is 1. The van der Waals surface area contributed by atoms with Crippen LogP contribution in [0.3, 0.4) is 0 Å². The number of rotatable bonds is 6. The standard InChI is InChI=1S/C20H23N3O4S/c1-12(28-20-21-14(10-17(24)23-20)11-18(25)27-2)19(26)22-16-9-5-7-13-6-3-4-8-15(13)16/h3-4,6,8,10,12,16H,5,7,9,11H2,1-2H3,(H,22,26)(H,21,23,24)/t12-,16+/m1/s1. The number of H-pyrrole nitrogens is 1. The number of methoxy groups -OCH3 is 1. The number of carbonyl (C=O) groups excluding carboxylic acids is 2. The summed E-state index contributed by atoms with van der Waals surface area (Å²) in [7, 11) is 1.28. The molecule has 1 amide bonds. The van der Waals surface area contributed by atoms with Crippen LogP contribution >= 0.6 is 11.8 Å². The molecule has 0 saturated carbocycles. The van der Waals surface area contributed by atoms with Gasteiger partial charge in [-0.25, -0.2) is 4.98 Å². The Morgan fingerprint density at radius 2 is 2.18 bits per heavy atom. The lowest BCUT2D eigenvalue weighted by Gasteiger charge is -2.27. The van der Waals surface area contributed by atoms with Crippen LogP contribution in [-0.4, -0.2) is 34.2 Å². The average Bonchev–Trinajstić information content (AvgIpc) is 2.67. The first-order valence-corrected chi connectivity index (χ1v) is 10.1. The van der Waals surface area contributed by atoms with E-state index in [1.54, 1.807) is 6.92 Å². The molecular formula is C20H23N3O4S. The van der Waals surface area contributed by atoms with E-state index in [0.717, 1.165) is 31.0 Å². The lowest BCUT2D eigenvalue weighted by atomic mass is 9.88. The minimum Gasteiger partial charge on any atom is -0.469 e. The number of aromatic nitrogens is 2. The van der Waals surface area contributed by atoms with Crippen molar-refractivity contribution in [2.45, 2.75) is 49.1 Å². The quantitative estimate of drug-likeness (QED) is 0.437. The smallest absolute Gasteiger partial charge is 0.311 e. The van der Waals surface area contributed by atoms with E-state index in [1.807, 2.05) is 12.1 Å². The van der Waals surface area contributed by atoms with E-state index in [1.165, 1.54) is 24.3 Å². The maximum Gasteiger partial charge on any atom is 0.311 e. The normalized spacial score (nSPS) is 16.7. The van der Waals surface area contributed by atoms with Crippen LogP contribution in [0.4, 0.5) is 0 Å². The summed E-state index contributed by atoms with van der Waals surface area (Å²) in [5.41, 5.74) is 2.39. The summed E-state index contributed by atoms with van der Waals surface area (Å²) in [4.78, 5) is 42.8. The predicted octanol–water partition coefficient (Wildman–Crippen LogP) is 2.16. The largest absolute Gasteiger partial charge is 0.469 e. The van der Waals surface area contributed by atoms with Crippen LogP contribution in [0.2, 0.25) is 0 Å². The van der Waals surface area contributed by atoms with Gasteiger partial charge in [-0.3, -0.25) is 14.4 Å². The highest BCUT2D eigenvalue weighted by atomic mass is 32.2. The first-order chi connectivity index (χ1) is 13.5. The Balaban J connectivity index is 1.67. The van der Waals surface area contributed by atoms with Gasteiger partial charge in [0.25, 0.3) is 5.56 Å². The van der Waals surface area contributed by atoms with Gasteiger partial charge >= 0.3 is 5.97 Å². The molecule has 2 aromatic rings. The van der Waals surface area contributed by atoms with Crippen LogP contribution in [0.15, 0.2) is 40.3 Å². The number of carbonyl (C=O) groups is 2. The summed E-state index contributed by atoms with van der Waals surface area (Å²) in [5.74, 6) is -0.594. The zero-order chi connectivity index (χ0) is 20.1. The second-order valence-electron chi connectivity index (χ2n) is 6.71. The molecule has 0 radical (unpaired) electrons. The summed E-state index contributed by atoms with van der Waals surface area (Å²) < 4.78 is 4.60. The second kappa shape index (κ2) is 9.05. The molecule has 1 aliphatic rings. The predicted molar refractivity (Wildman–Crippen MR) is 106 cm³/mol. The van der Waals surface area contributed by atoms with E-state index in [9.17, 15) is 14.4 Å². The molecular weight excluding hydrogens is 378 g/mol. The highest BCUT2D eigenvalue weighted by Crippen LogP contribution is 2.30. The van der Waals surface area contributed by atoms with Crippen molar-refractivity contribution in [3.8, 4) is 0 Å². The number of ether oxygens (including phenoxy) is 1. The van der Waals surface area contributed by atoms with Gasteiger partial charge < -0.3 is 15.0 Å². The summed E-state index contributed by atoms with van der Waals surface area (Å²) >= 11 is 1.15. The second-order valence-corrected chi connectivity index (χ2v) is 8.04. The number of nitrogens with zero attached hydrogens (tertiary/aromatic N) is 1. The molecule has 0 unspecified atom stereocenters. The molecule has 0 spiro atoms. The molecule has 148 valence electrons. The lowest BCUT2D eigenvalue weighted by molar-refractivity contribution is -0.139. The molecule has 1 heterocycles. The number of nitrogens with one attached hydrogen (secondary N) is 2. The van der Waals surface area contributed by atoms with E-state index < -0.39 is 11.2 Å². The average molecular weight is 401 g/mol. The Morgan fingerprint density at radius 3 is 2.96 bits per heavy atom. The molecule has 1 aromatic carbocycles. The third-order valence-electron chi connectivity index (χ3n) is 4.67. The number of hydrogen-bond acceptors (Lipinski definition) is 6. The number of amides is 1. The minimum absolute atomic E-state index is 0.00170. The highest BCUT2D eigenvalue weighted by molar-refractivity contribution is 8.00. The fourth-order valence-corrected chi connectivity index (χ4v) is 4.10. The number of thioether (sulfide) groups is 1. The molecule has 8 heteroatoms. The Bertz CT molecular complexity index is 928. The van der Waals surface area contributed by atoms with Gasteiger partial charge in [0.2, 0.25) is 5.91 Å². The van der Waals surface area contributed by atoms with Crippen LogP contribution in [0, 0.1) is 0 Å². The highest BCUT2D eigenvalue weighted by Gasteiger charge is 2.24. The summed E-state index contributed by atoms with van der Waals surface area (Å²) in [6, 6.07) is 9.43. The van der Waals surface area contributed by atoms with Crippen molar-refractivity contribution in [1.82, 2.24) is 15.3 Å². The molecule has 0 aliphatic heterocycles. The van der Waals surface area contributed by atoms with Crippen molar-refractivity contribution in [2.24, 2.45) is 0 Å². The van der Waals surface area contributed by atoms with E-state index in [0.29, 0.717) is 10.9 Å². The number of fused-ring (bicyclic) bond motifs is 1. The first kappa shape index (κ1) is 20.1. The van der Waals surface area contributed by atoms with E-state index >= 15 is 0 Å². The van der Waals surface area contributed by atoms with Crippen LogP contribution in [0.25, 0.3) is 0 Å². The maximum atomic E-state index is 12.7.